The largest absolute Gasteiger partial charge is 0.369 e. The van der Waals surface area contributed by atoms with Crippen LogP contribution in [0, 0.1) is 12.8 Å². The van der Waals surface area contributed by atoms with Crippen molar-refractivity contribution in [3.63, 3.8) is 0 Å². The first kappa shape index (κ1) is 15.5. The Bertz CT molecular complexity index is 539. The molecule has 0 aromatic carbocycles. The van der Waals surface area contributed by atoms with Crippen molar-refractivity contribution in [3.05, 3.63) is 17.5 Å². The van der Waals surface area contributed by atoms with E-state index < -0.39 is 0 Å². The molecule has 1 aromatic heterocycles. The van der Waals surface area contributed by atoms with Crippen LogP contribution >= 0.6 is 0 Å². The van der Waals surface area contributed by atoms with Crippen molar-refractivity contribution in [1.29, 1.82) is 0 Å². The zero-order valence-electron chi connectivity index (χ0n) is 12.9. The van der Waals surface area contributed by atoms with Crippen molar-refractivity contribution in [1.82, 2.24) is 19.6 Å². The molecular weight excluding hydrogens is 270 g/mol. The Hall–Kier alpha value is -1.89. The van der Waals surface area contributed by atoms with E-state index in [1.165, 1.54) is 0 Å². The predicted molar refractivity (Wildman–Crippen MR) is 78.7 cm³/mol. The number of aromatic nitrogens is 2. The Labute approximate surface area is 124 Å². The third kappa shape index (κ3) is 3.41. The zero-order valence-corrected chi connectivity index (χ0v) is 12.9. The molecule has 7 nitrogen and oxygen atoms in total. The zero-order chi connectivity index (χ0) is 15.6. The molecule has 2 heterocycles. The Balaban J connectivity index is 2.18. The van der Waals surface area contributed by atoms with Gasteiger partial charge in [0.25, 0.3) is 5.91 Å². The van der Waals surface area contributed by atoms with Crippen LogP contribution in [0.25, 0.3) is 0 Å². The van der Waals surface area contributed by atoms with Gasteiger partial charge in [-0.15, -0.1) is 0 Å². The SMILES string of the molecule is CCn1nc(C(=O)N2CCN(C)CC(C(N)=O)C2)cc1C. The summed E-state index contributed by atoms with van der Waals surface area (Å²) in [5.74, 6) is -0.834. The molecule has 1 atom stereocenters. The van der Waals surface area contributed by atoms with E-state index in [-0.39, 0.29) is 17.7 Å². The van der Waals surface area contributed by atoms with E-state index in [1.54, 1.807) is 15.6 Å². The van der Waals surface area contributed by atoms with E-state index in [1.807, 2.05) is 25.8 Å². The molecule has 116 valence electrons. The minimum Gasteiger partial charge on any atom is -0.369 e. The Kier molecular flexibility index (Phi) is 4.62. The average molecular weight is 293 g/mol. The lowest BCUT2D eigenvalue weighted by Gasteiger charge is -2.21. The van der Waals surface area contributed by atoms with Gasteiger partial charge in [0.05, 0.1) is 5.92 Å². The molecule has 21 heavy (non-hydrogen) atoms. The fraction of sp³-hybridized carbons (Fsp3) is 0.643. The molecule has 2 rings (SSSR count). The summed E-state index contributed by atoms with van der Waals surface area (Å²) < 4.78 is 1.79. The minimum absolute atomic E-state index is 0.133. The van der Waals surface area contributed by atoms with Gasteiger partial charge in [-0.25, -0.2) is 0 Å². The average Bonchev–Trinajstić information content (AvgIpc) is 2.69. The van der Waals surface area contributed by atoms with E-state index >= 15 is 0 Å². The predicted octanol–water partition coefficient (Wildman–Crippen LogP) is -0.299. The quantitative estimate of drug-likeness (QED) is 0.829. The summed E-state index contributed by atoms with van der Waals surface area (Å²) in [5, 5.41) is 4.32. The number of rotatable bonds is 3. The van der Waals surface area contributed by atoms with E-state index in [4.69, 9.17) is 5.73 Å². The third-order valence-electron chi connectivity index (χ3n) is 3.91. The number of hydrogen-bond acceptors (Lipinski definition) is 4. The summed E-state index contributed by atoms with van der Waals surface area (Å²) >= 11 is 0. The van der Waals surface area contributed by atoms with Crippen molar-refractivity contribution < 1.29 is 9.59 Å². The first-order valence-electron chi connectivity index (χ1n) is 7.24. The van der Waals surface area contributed by atoms with Gasteiger partial charge < -0.3 is 15.5 Å². The van der Waals surface area contributed by atoms with Crippen LogP contribution in [0.3, 0.4) is 0 Å². The van der Waals surface area contributed by atoms with Gasteiger partial charge in [-0.1, -0.05) is 0 Å². The van der Waals surface area contributed by atoms with E-state index in [0.717, 1.165) is 18.8 Å². The fourth-order valence-corrected chi connectivity index (χ4v) is 2.64. The third-order valence-corrected chi connectivity index (χ3v) is 3.91. The van der Waals surface area contributed by atoms with Gasteiger partial charge in [-0.2, -0.15) is 5.10 Å². The lowest BCUT2D eigenvalue weighted by Crippen LogP contribution is -2.40. The van der Waals surface area contributed by atoms with Crippen LogP contribution in [0.1, 0.15) is 23.1 Å². The Morgan fingerprint density at radius 3 is 2.67 bits per heavy atom. The molecule has 0 radical (unpaired) electrons. The maximum Gasteiger partial charge on any atom is 0.274 e. The molecule has 0 bridgehead atoms. The van der Waals surface area contributed by atoms with Gasteiger partial charge in [0.2, 0.25) is 5.91 Å². The second-order valence-corrected chi connectivity index (χ2v) is 5.60. The number of nitrogens with two attached hydrogens (primary N) is 1. The summed E-state index contributed by atoms with van der Waals surface area (Å²) in [5.41, 5.74) is 6.82. The van der Waals surface area contributed by atoms with Gasteiger partial charge >= 0.3 is 0 Å². The highest BCUT2D eigenvalue weighted by molar-refractivity contribution is 5.93. The molecule has 0 aliphatic carbocycles. The fourth-order valence-electron chi connectivity index (χ4n) is 2.64. The number of primary amides is 1. The summed E-state index contributed by atoms with van der Waals surface area (Å²) in [6, 6.07) is 1.79. The Morgan fingerprint density at radius 2 is 2.10 bits per heavy atom. The molecule has 1 unspecified atom stereocenters. The minimum atomic E-state index is -0.364. The summed E-state index contributed by atoms with van der Waals surface area (Å²) in [4.78, 5) is 27.8. The monoisotopic (exact) mass is 293 g/mol. The van der Waals surface area contributed by atoms with Crippen LogP contribution in [0.2, 0.25) is 0 Å². The number of likely N-dealkylation sites (N-methyl/N-ethyl adjacent to an activating group) is 1. The Morgan fingerprint density at radius 1 is 1.38 bits per heavy atom. The highest BCUT2D eigenvalue weighted by atomic mass is 16.2. The summed E-state index contributed by atoms with van der Waals surface area (Å²) in [6.45, 7) is 6.89. The van der Waals surface area contributed by atoms with Crippen molar-refractivity contribution in [2.24, 2.45) is 11.7 Å². The van der Waals surface area contributed by atoms with E-state index in [2.05, 4.69) is 5.10 Å². The molecule has 2 amide bonds. The first-order valence-corrected chi connectivity index (χ1v) is 7.24. The van der Waals surface area contributed by atoms with E-state index in [0.29, 0.717) is 25.3 Å². The van der Waals surface area contributed by atoms with Gasteiger partial charge in [-0.3, -0.25) is 14.3 Å². The van der Waals surface area contributed by atoms with Crippen LogP contribution in [-0.2, 0) is 11.3 Å². The van der Waals surface area contributed by atoms with Crippen LogP contribution < -0.4 is 5.73 Å². The van der Waals surface area contributed by atoms with Crippen molar-refractivity contribution in [2.75, 3.05) is 33.2 Å². The second-order valence-electron chi connectivity index (χ2n) is 5.60. The number of hydrogen-bond donors (Lipinski definition) is 1. The highest BCUT2D eigenvalue weighted by Crippen LogP contribution is 2.13. The second kappa shape index (κ2) is 6.26. The van der Waals surface area contributed by atoms with Gasteiger partial charge in [0, 0.05) is 38.4 Å². The van der Waals surface area contributed by atoms with Gasteiger partial charge in [0.15, 0.2) is 5.69 Å². The van der Waals surface area contributed by atoms with Crippen LogP contribution in [0.4, 0.5) is 0 Å². The number of carbonyl (C=O) groups excluding carboxylic acids is 2. The van der Waals surface area contributed by atoms with E-state index in [9.17, 15) is 9.59 Å². The molecule has 1 saturated heterocycles. The van der Waals surface area contributed by atoms with Crippen molar-refractivity contribution in [3.8, 4) is 0 Å². The molecule has 2 N–H and O–H groups in total. The molecule has 1 aromatic rings. The smallest absolute Gasteiger partial charge is 0.274 e. The van der Waals surface area contributed by atoms with Gasteiger partial charge in [0.1, 0.15) is 0 Å². The molecule has 1 aliphatic rings. The number of carbonyl (C=O) groups is 2. The number of aryl methyl sites for hydroxylation is 2. The van der Waals surface area contributed by atoms with Crippen molar-refractivity contribution in [2.45, 2.75) is 20.4 Å². The van der Waals surface area contributed by atoms with Crippen LogP contribution in [0.15, 0.2) is 6.07 Å². The lowest BCUT2D eigenvalue weighted by atomic mass is 10.1. The van der Waals surface area contributed by atoms with Crippen LogP contribution in [-0.4, -0.2) is 64.6 Å². The highest BCUT2D eigenvalue weighted by Gasteiger charge is 2.29. The maximum atomic E-state index is 12.6. The lowest BCUT2D eigenvalue weighted by molar-refractivity contribution is -0.122. The maximum absolute atomic E-state index is 12.6. The summed E-state index contributed by atoms with van der Waals surface area (Å²) in [7, 11) is 1.93. The molecule has 7 heteroatoms. The van der Waals surface area contributed by atoms with Crippen molar-refractivity contribution >= 4 is 11.8 Å². The van der Waals surface area contributed by atoms with Gasteiger partial charge in [-0.05, 0) is 27.0 Å². The molecular formula is C14H23N5O2. The summed E-state index contributed by atoms with van der Waals surface area (Å²) in [6.07, 6.45) is 0. The normalized spacial score (nSPS) is 20.3. The molecule has 0 saturated carbocycles. The molecule has 1 fully saturated rings. The topological polar surface area (TPSA) is 84.5 Å². The standard InChI is InChI=1S/C14H23N5O2/c1-4-19-10(2)7-12(16-19)14(21)18-6-5-17(3)8-11(9-18)13(15)20/h7,11H,4-6,8-9H2,1-3H3,(H2,15,20). The number of nitrogens with zero attached hydrogens (tertiary/aromatic N) is 4. The first-order chi connectivity index (χ1) is 9.92. The molecule has 1 aliphatic heterocycles. The van der Waals surface area contributed by atoms with Crippen LogP contribution in [0.5, 0.6) is 0 Å². The number of amides is 2. The molecule has 0 spiro atoms.